The maximum absolute atomic E-state index is 12.8. The van der Waals surface area contributed by atoms with Gasteiger partial charge in [-0.3, -0.25) is 9.59 Å². The molecule has 0 aliphatic rings. The Hall–Kier alpha value is -3.28. The normalized spacial score (nSPS) is 10.3. The molecule has 1 heterocycles. The summed E-state index contributed by atoms with van der Waals surface area (Å²) in [4.78, 5) is 23.0. The second-order valence-electron chi connectivity index (χ2n) is 4.84. The molecule has 3 rings (SSSR count). The number of benzene rings is 2. The molecule has 5 nitrogen and oxygen atoms in total. The van der Waals surface area contributed by atoms with Gasteiger partial charge >= 0.3 is 0 Å². The molecule has 0 bridgehead atoms. The zero-order chi connectivity index (χ0) is 16.2. The first-order chi connectivity index (χ1) is 11.1. The minimum Gasteiger partial charge on any atom is -0.322 e. The molecule has 6 heteroatoms. The van der Waals surface area contributed by atoms with Crippen LogP contribution in [0.3, 0.4) is 0 Å². The van der Waals surface area contributed by atoms with Gasteiger partial charge in [0.05, 0.1) is 5.69 Å². The van der Waals surface area contributed by atoms with Crippen LogP contribution in [0.15, 0.2) is 65.5 Å². The number of hydrogen-bond acceptors (Lipinski definition) is 3. The van der Waals surface area contributed by atoms with Crippen LogP contribution < -0.4 is 10.9 Å². The fourth-order valence-corrected chi connectivity index (χ4v) is 2.03. The Balaban J connectivity index is 1.74. The van der Waals surface area contributed by atoms with E-state index in [-0.39, 0.29) is 17.3 Å². The van der Waals surface area contributed by atoms with Crippen LogP contribution in [0.25, 0.3) is 11.3 Å². The lowest BCUT2D eigenvalue weighted by Gasteiger charge is -2.06. The van der Waals surface area contributed by atoms with Crippen molar-refractivity contribution in [3.8, 4) is 11.3 Å². The molecule has 0 fully saturated rings. The van der Waals surface area contributed by atoms with Crippen molar-refractivity contribution in [1.29, 1.82) is 0 Å². The molecule has 2 N–H and O–H groups in total. The van der Waals surface area contributed by atoms with Crippen molar-refractivity contribution in [1.82, 2.24) is 10.2 Å². The SMILES string of the molecule is O=C(Nc1ccc(-c2ccc(=O)[nH]n2)cc1)c1ccc(F)cc1. The summed E-state index contributed by atoms with van der Waals surface area (Å²) in [6.45, 7) is 0. The fraction of sp³-hybridized carbons (Fsp3) is 0. The molecule has 0 saturated heterocycles. The van der Waals surface area contributed by atoms with Crippen molar-refractivity contribution in [2.24, 2.45) is 0 Å². The lowest BCUT2D eigenvalue weighted by Crippen LogP contribution is -2.11. The third-order valence-corrected chi connectivity index (χ3v) is 3.22. The van der Waals surface area contributed by atoms with E-state index in [0.717, 1.165) is 5.56 Å². The molecular formula is C17H12FN3O2. The van der Waals surface area contributed by atoms with Gasteiger partial charge in [0.15, 0.2) is 0 Å². The van der Waals surface area contributed by atoms with E-state index in [9.17, 15) is 14.0 Å². The smallest absolute Gasteiger partial charge is 0.264 e. The highest BCUT2D eigenvalue weighted by Gasteiger charge is 2.06. The summed E-state index contributed by atoms with van der Waals surface area (Å²) < 4.78 is 12.8. The zero-order valence-electron chi connectivity index (χ0n) is 11.9. The highest BCUT2D eigenvalue weighted by Crippen LogP contribution is 2.18. The number of amides is 1. The molecule has 114 valence electrons. The highest BCUT2D eigenvalue weighted by atomic mass is 19.1. The number of rotatable bonds is 3. The number of nitrogens with one attached hydrogen (secondary N) is 2. The Bertz CT molecular complexity index is 866. The van der Waals surface area contributed by atoms with Crippen LogP contribution in [0.4, 0.5) is 10.1 Å². The number of carbonyl (C=O) groups is 1. The topological polar surface area (TPSA) is 74.8 Å². The number of aromatic amines is 1. The van der Waals surface area contributed by atoms with Crippen LogP contribution in [0, 0.1) is 5.82 Å². The second-order valence-corrected chi connectivity index (χ2v) is 4.84. The zero-order valence-corrected chi connectivity index (χ0v) is 11.9. The Morgan fingerprint density at radius 2 is 1.65 bits per heavy atom. The second kappa shape index (κ2) is 6.23. The lowest BCUT2D eigenvalue weighted by atomic mass is 10.1. The van der Waals surface area contributed by atoms with Crippen LogP contribution in [-0.2, 0) is 0 Å². The van der Waals surface area contributed by atoms with Gasteiger partial charge < -0.3 is 5.32 Å². The largest absolute Gasteiger partial charge is 0.322 e. The fourth-order valence-electron chi connectivity index (χ4n) is 2.03. The first-order valence-electron chi connectivity index (χ1n) is 6.85. The molecule has 0 radical (unpaired) electrons. The van der Waals surface area contributed by atoms with Crippen molar-refractivity contribution in [2.45, 2.75) is 0 Å². The molecule has 0 saturated carbocycles. The Morgan fingerprint density at radius 1 is 0.957 bits per heavy atom. The Morgan fingerprint density at radius 3 is 2.26 bits per heavy atom. The van der Waals surface area contributed by atoms with Gasteiger partial charge in [0.25, 0.3) is 11.5 Å². The summed E-state index contributed by atoms with van der Waals surface area (Å²) in [5.74, 6) is -0.709. The average Bonchev–Trinajstić information content (AvgIpc) is 2.57. The van der Waals surface area contributed by atoms with Gasteiger partial charge in [0, 0.05) is 22.9 Å². The van der Waals surface area contributed by atoms with E-state index in [1.54, 1.807) is 30.3 Å². The number of aromatic nitrogens is 2. The highest BCUT2D eigenvalue weighted by molar-refractivity contribution is 6.04. The van der Waals surface area contributed by atoms with E-state index in [1.807, 2.05) is 0 Å². The minimum absolute atomic E-state index is 0.267. The Kier molecular flexibility index (Phi) is 3.97. The van der Waals surface area contributed by atoms with Crippen LogP contribution in [0.2, 0.25) is 0 Å². The quantitative estimate of drug-likeness (QED) is 0.781. The van der Waals surface area contributed by atoms with Crippen molar-refractivity contribution in [3.05, 3.63) is 82.4 Å². The first kappa shape index (κ1) is 14.6. The van der Waals surface area contributed by atoms with E-state index in [2.05, 4.69) is 15.5 Å². The number of hydrogen-bond donors (Lipinski definition) is 2. The molecule has 0 spiro atoms. The molecular weight excluding hydrogens is 297 g/mol. The van der Waals surface area contributed by atoms with Crippen molar-refractivity contribution in [3.63, 3.8) is 0 Å². The molecule has 0 atom stereocenters. The monoisotopic (exact) mass is 309 g/mol. The number of H-pyrrole nitrogens is 1. The molecule has 0 unspecified atom stereocenters. The summed E-state index contributed by atoms with van der Waals surface area (Å²) in [5.41, 5.74) is 2.14. The van der Waals surface area contributed by atoms with Gasteiger partial charge in [-0.05, 0) is 42.5 Å². The standard InChI is InChI=1S/C17H12FN3O2/c18-13-5-1-12(2-6-13)17(23)19-14-7-3-11(4-8-14)15-9-10-16(22)21-20-15/h1-10H,(H,19,23)(H,21,22). The maximum atomic E-state index is 12.8. The third-order valence-electron chi connectivity index (χ3n) is 3.22. The summed E-state index contributed by atoms with van der Waals surface area (Å²) in [6, 6.07) is 15.3. The summed E-state index contributed by atoms with van der Waals surface area (Å²) in [7, 11) is 0. The number of carbonyl (C=O) groups excluding carboxylic acids is 1. The summed E-state index contributed by atoms with van der Waals surface area (Å²) in [6.07, 6.45) is 0. The van der Waals surface area contributed by atoms with Crippen molar-refractivity contribution >= 4 is 11.6 Å². The van der Waals surface area contributed by atoms with E-state index >= 15 is 0 Å². The van der Waals surface area contributed by atoms with Crippen LogP contribution >= 0.6 is 0 Å². The number of anilines is 1. The average molecular weight is 309 g/mol. The van der Waals surface area contributed by atoms with Gasteiger partial charge in [-0.15, -0.1) is 0 Å². The van der Waals surface area contributed by atoms with E-state index in [1.165, 1.54) is 30.3 Å². The molecule has 23 heavy (non-hydrogen) atoms. The molecule has 2 aromatic carbocycles. The van der Waals surface area contributed by atoms with E-state index < -0.39 is 0 Å². The molecule has 0 aliphatic carbocycles. The van der Waals surface area contributed by atoms with Crippen molar-refractivity contribution in [2.75, 3.05) is 5.32 Å². The predicted octanol–water partition coefficient (Wildman–Crippen LogP) is 2.83. The van der Waals surface area contributed by atoms with E-state index in [4.69, 9.17) is 0 Å². The van der Waals surface area contributed by atoms with Gasteiger partial charge in [0.1, 0.15) is 5.82 Å². The van der Waals surface area contributed by atoms with Gasteiger partial charge in [0.2, 0.25) is 0 Å². The molecule has 3 aromatic rings. The van der Waals surface area contributed by atoms with Crippen LogP contribution in [0.5, 0.6) is 0 Å². The van der Waals surface area contributed by atoms with Crippen LogP contribution in [-0.4, -0.2) is 16.1 Å². The predicted molar refractivity (Wildman–Crippen MR) is 84.6 cm³/mol. The lowest BCUT2D eigenvalue weighted by molar-refractivity contribution is 0.102. The van der Waals surface area contributed by atoms with Crippen molar-refractivity contribution < 1.29 is 9.18 Å². The third kappa shape index (κ3) is 3.49. The first-order valence-corrected chi connectivity index (χ1v) is 6.85. The minimum atomic E-state index is -0.390. The maximum Gasteiger partial charge on any atom is 0.264 e. The Labute approximate surface area is 130 Å². The molecule has 0 aliphatic heterocycles. The molecule has 1 aromatic heterocycles. The van der Waals surface area contributed by atoms with Gasteiger partial charge in [-0.1, -0.05) is 12.1 Å². The number of halogens is 1. The molecule has 1 amide bonds. The van der Waals surface area contributed by atoms with Gasteiger partial charge in [-0.25, -0.2) is 9.49 Å². The summed E-state index contributed by atoms with van der Waals surface area (Å²) in [5, 5.41) is 9.03. The van der Waals surface area contributed by atoms with Gasteiger partial charge in [-0.2, -0.15) is 5.10 Å². The van der Waals surface area contributed by atoms with Crippen LogP contribution in [0.1, 0.15) is 10.4 Å². The number of nitrogens with zero attached hydrogens (tertiary/aromatic N) is 1. The van der Waals surface area contributed by atoms with E-state index in [0.29, 0.717) is 16.9 Å². The summed E-state index contributed by atoms with van der Waals surface area (Å²) >= 11 is 0.